The summed E-state index contributed by atoms with van der Waals surface area (Å²) in [6.07, 6.45) is 12.5. The van der Waals surface area contributed by atoms with Crippen LogP contribution in [0.3, 0.4) is 0 Å². The minimum absolute atomic E-state index is 0.591. The lowest BCUT2D eigenvalue weighted by Crippen LogP contribution is -2.36. The van der Waals surface area contributed by atoms with Gasteiger partial charge in [0.05, 0.1) is 12.2 Å². The van der Waals surface area contributed by atoms with E-state index in [0.717, 1.165) is 43.4 Å². The second kappa shape index (κ2) is 7.95. The van der Waals surface area contributed by atoms with Crippen molar-refractivity contribution in [1.29, 1.82) is 0 Å². The lowest BCUT2D eigenvalue weighted by atomic mass is 9.93. The summed E-state index contributed by atoms with van der Waals surface area (Å²) in [4.78, 5) is 10.0. The van der Waals surface area contributed by atoms with Gasteiger partial charge in [-0.25, -0.2) is 4.98 Å². The van der Waals surface area contributed by atoms with Crippen LogP contribution in [0.1, 0.15) is 50.0 Å². The number of imidazole rings is 1. The summed E-state index contributed by atoms with van der Waals surface area (Å²) < 4.78 is 0. The molecule has 2 N–H and O–H groups in total. The molecule has 2 aromatic rings. The summed E-state index contributed by atoms with van der Waals surface area (Å²) in [6, 6.07) is 4.84. The highest BCUT2D eigenvalue weighted by Crippen LogP contribution is 2.23. The Bertz CT molecular complexity index is 632. The fourth-order valence-electron chi connectivity index (χ4n) is 4.18. The number of nitrogens with zero attached hydrogens (tertiary/aromatic N) is 4. The zero-order chi connectivity index (χ0) is 16.9. The molecule has 2 aromatic heterocycles. The van der Waals surface area contributed by atoms with Gasteiger partial charge in [-0.1, -0.05) is 12.8 Å². The first kappa shape index (κ1) is 16.5. The van der Waals surface area contributed by atoms with Gasteiger partial charge >= 0.3 is 0 Å². The first-order chi connectivity index (χ1) is 12.3. The molecular formula is C19H28N6. The number of aromatic amines is 1. The van der Waals surface area contributed by atoms with E-state index in [9.17, 15) is 0 Å². The Morgan fingerprint density at radius 2 is 2.04 bits per heavy atom. The average molecular weight is 340 g/mol. The number of hydrogen-bond donors (Lipinski definition) is 2. The smallest absolute Gasteiger partial charge is 0.148 e. The molecule has 6 heteroatoms. The van der Waals surface area contributed by atoms with Crippen LogP contribution in [0.4, 0.5) is 5.82 Å². The molecule has 0 amide bonds. The van der Waals surface area contributed by atoms with Crippen molar-refractivity contribution in [3.63, 3.8) is 0 Å². The molecule has 1 saturated carbocycles. The second-order valence-electron chi connectivity index (χ2n) is 7.52. The Labute approximate surface area is 149 Å². The molecular weight excluding hydrogens is 312 g/mol. The molecule has 1 aliphatic carbocycles. The van der Waals surface area contributed by atoms with Crippen molar-refractivity contribution in [2.75, 3.05) is 18.4 Å². The third-order valence-corrected chi connectivity index (χ3v) is 5.46. The van der Waals surface area contributed by atoms with Gasteiger partial charge < -0.3 is 10.3 Å². The zero-order valence-electron chi connectivity index (χ0n) is 14.8. The van der Waals surface area contributed by atoms with Crippen LogP contribution in [0.15, 0.2) is 24.5 Å². The first-order valence-electron chi connectivity index (χ1n) is 9.65. The number of hydrogen-bond acceptors (Lipinski definition) is 5. The molecule has 4 rings (SSSR count). The van der Waals surface area contributed by atoms with Crippen LogP contribution in [-0.2, 0) is 13.0 Å². The monoisotopic (exact) mass is 340 g/mol. The highest BCUT2D eigenvalue weighted by Gasteiger charge is 2.21. The summed E-state index contributed by atoms with van der Waals surface area (Å²) in [5.74, 6) is 2.65. The maximum atomic E-state index is 4.47. The molecule has 0 aromatic carbocycles. The molecule has 1 saturated heterocycles. The van der Waals surface area contributed by atoms with E-state index < -0.39 is 0 Å². The van der Waals surface area contributed by atoms with Crippen LogP contribution in [0.2, 0.25) is 0 Å². The van der Waals surface area contributed by atoms with E-state index in [2.05, 4.69) is 42.5 Å². The summed E-state index contributed by atoms with van der Waals surface area (Å²) in [5, 5.41) is 12.4. The van der Waals surface area contributed by atoms with Crippen LogP contribution in [-0.4, -0.2) is 44.2 Å². The van der Waals surface area contributed by atoms with Crippen LogP contribution in [0.25, 0.3) is 0 Å². The van der Waals surface area contributed by atoms with E-state index in [1.165, 1.54) is 38.5 Å². The SMILES string of the molecule is c1c[nH]c(CN2CCCC(Cc3ccc(NC4CCCC4)nn3)C2)n1. The summed E-state index contributed by atoms with van der Waals surface area (Å²) >= 11 is 0. The van der Waals surface area contributed by atoms with Gasteiger partial charge in [-0.3, -0.25) is 4.90 Å². The Kier molecular flexibility index (Phi) is 5.25. The van der Waals surface area contributed by atoms with E-state index >= 15 is 0 Å². The molecule has 3 heterocycles. The van der Waals surface area contributed by atoms with Gasteiger partial charge in [0.25, 0.3) is 0 Å². The van der Waals surface area contributed by atoms with Gasteiger partial charge in [0.1, 0.15) is 11.6 Å². The quantitative estimate of drug-likeness (QED) is 0.846. The standard InChI is InChI=1S/C19H28N6/c1-2-6-16(5-1)22-18-8-7-17(23-24-18)12-15-4-3-11-25(13-15)14-19-20-9-10-21-19/h7-10,15-16H,1-6,11-14H2,(H,20,21)(H,22,24). The van der Waals surface area contributed by atoms with E-state index in [4.69, 9.17) is 0 Å². The van der Waals surface area contributed by atoms with E-state index in [-0.39, 0.29) is 0 Å². The summed E-state index contributed by atoms with van der Waals surface area (Å²) in [6.45, 7) is 3.19. The second-order valence-corrected chi connectivity index (χ2v) is 7.52. The predicted molar refractivity (Wildman–Crippen MR) is 98.2 cm³/mol. The summed E-state index contributed by atoms with van der Waals surface area (Å²) in [7, 11) is 0. The number of nitrogens with one attached hydrogen (secondary N) is 2. The molecule has 25 heavy (non-hydrogen) atoms. The van der Waals surface area contributed by atoms with Crippen molar-refractivity contribution in [2.45, 2.75) is 57.5 Å². The molecule has 0 bridgehead atoms. The van der Waals surface area contributed by atoms with Crippen molar-refractivity contribution in [3.05, 3.63) is 36.0 Å². The van der Waals surface area contributed by atoms with Crippen molar-refractivity contribution in [2.24, 2.45) is 5.92 Å². The first-order valence-corrected chi connectivity index (χ1v) is 9.65. The van der Waals surface area contributed by atoms with Gasteiger partial charge in [0.15, 0.2) is 0 Å². The van der Waals surface area contributed by atoms with Gasteiger partial charge in [-0.05, 0) is 56.7 Å². The predicted octanol–water partition coefficient (Wildman–Crippen LogP) is 3.01. The molecule has 134 valence electrons. The number of rotatable bonds is 6. The van der Waals surface area contributed by atoms with Gasteiger partial charge in [0, 0.05) is 25.0 Å². The van der Waals surface area contributed by atoms with Crippen molar-refractivity contribution in [3.8, 4) is 0 Å². The molecule has 1 atom stereocenters. The number of likely N-dealkylation sites (tertiary alicyclic amines) is 1. The van der Waals surface area contributed by atoms with E-state index in [0.29, 0.717) is 12.0 Å². The highest BCUT2D eigenvalue weighted by atomic mass is 15.2. The molecule has 0 spiro atoms. The highest BCUT2D eigenvalue weighted by molar-refractivity contribution is 5.34. The maximum Gasteiger partial charge on any atom is 0.148 e. The number of H-pyrrole nitrogens is 1. The van der Waals surface area contributed by atoms with Gasteiger partial charge in [0.2, 0.25) is 0 Å². The van der Waals surface area contributed by atoms with Crippen LogP contribution in [0, 0.1) is 5.92 Å². The maximum absolute atomic E-state index is 4.47. The van der Waals surface area contributed by atoms with Crippen molar-refractivity contribution < 1.29 is 0 Å². The molecule has 6 nitrogen and oxygen atoms in total. The Morgan fingerprint density at radius 3 is 2.80 bits per heavy atom. The lowest BCUT2D eigenvalue weighted by molar-refractivity contribution is 0.163. The Morgan fingerprint density at radius 1 is 1.12 bits per heavy atom. The Hall–Kier alpha value is -1.95. The fourth-order valence-corrected chi connectivity index (χ4v) is 4.18. The molecule has 0 radical (unpaired) electrons. The molecule has 1 unspecified atom stereocenters. The number of piperidine rings is 1. The number of aromatic nitrogens is 4. The third kappa shape index (κ3) is 4.57. The molecule has 2 fully saturated rings. The third-order valence-electron chi connectivity index (χ3n) is 5.46. The average Bonchev–Trinajstić information content (AvgIpc) is 3.31. The molecule has 2 aliphatic rings. The van der Waals surface area contributed by atoms with E-state index in [1.54, 1.807) is 0 Å². The zero-order valence-corrected chi connectivity index (χ0v) is 14.8. The minimum atomic E-state index is 0.591. The summed E-state index contributed by atoms with van der Waals surface area (Å²) in [5.41, 5.74) is 1.11. The van der Waals surface area contributed by atoms with E-state index in [1.807, 2.05) is 12.4 Å². The van der Waals surface area contributed by atoms with Crippen molar-refractivity contribution in [1.82, 2.24) is 25.1 Å². The topological polar surface area (TPSA) is 69.7 Å². The fraction of sp³-hybridized carbons (Fsp3) is 0.632. The number of anilines is 1. The normalized spacial score (nSPS) is 22.3. The van der Waals surface area contributed by atoms with Gasteiger partial charge in [-0.2, -0.15) is 5.10 Å². The van der Waals surface area contributed by atoms with Crippen molar-refractivity contribution >= 4 is 5.82 Å². The largest absolute Gasteiger partial charge is 0.366 e. The molecule has 1 aliphatic heterocycles. The van der Waals surface area contributed by atoms with Gasteiger partial charge in [-0.15, -0.1) is 5.10 Å². The Balaban J connectivity index is 1.28. The van der Waals surface area contributed by atoms with Crippen LogP contribution < -0.4 is 5.32 Å². The van der Waals surface area contributed by atoms with Crippen LogP contribution in [0.5, 0.6) is 0 Å². The minimum Gasteiger partial charge on any atom is -0.366 e. The lowest BCUT2D eigenvalue weighted by Gasteiger charge is -2.32. The van der Waals surface area contributed by atoms with Crippen LogP contribution >= 0.6 is 0 Å².